The Morgan fingerprint density at radius 3 is 2.53 bits per heavy atom. The molecule has 0 bridgehead atoms. The van der Waals surface area contributed by atoms with E-state index in [-0.39, 0.29) is 12.4 Å². The Labute approximate surface area is 114 Å². The van der Waals surface area contributed by atoms with Gasteiger partial charge in [0.1, 0.15) is 0 Å². The van der Waals surface area contributed by atoms with Crippen LogP contribution >= 0.6 is 0 Å². The van der Waals surface area contributed by atoms with Crippen molar-refractivity contribution in [3.8, 4) is 0 Å². The maximum atomic E-state index is 11.7. The molecule has 0 atom stereocenters. The van der Waals surface area contributed by atoms with Crippen molar-refractivity contribution in [2.24, 2.45) is 0 Å². The normalized spacial score (nSPS) is 15.4. The van der Waals surface area contributed by atoms with Crippen LogP contribution in [0.1, 0.15) is 18.4 Å². The van der Waals surface area contributed by atoms with Gasteiger partial charge in [-0.2, -0.15) is 0 Å². The molecule has 0 aromatic heterocycles. The van der Waals surface area contributed by atoms with E-state index in [1.807, 2.05) is 12.1 Å². The molecule has 0 saturated heterocycles. The molecular formula is C13H20N2O3S. The first kappa shape index (κ1) is 14.3. The lowest BCUT2D eigenvalue weighted by molar-refractivity contribution is 0.217. The van der Waals surface area contributed by atoms with E-state index in [4.69, 9.17) is 4.74 Å². The van der Waals surface area contributed by atoms with E-state index >= 15 is 0 Å². The number of anilines is 1. The Hall–Kier alpha value is -1.11. The fourth-order valence-corrected chi connectivity index (χ4v) is 2.65. The highest BCUT2D eigenvalue weighted by atomic mass is 32.2. The fraction of sp³-hybridized carbons (Fsp3) is 0.538. The van der Waals surface area contributed by atoms with E-state index in [0.717, 1.165) is 12.1 Å². The van der Waals surface area contributed by atoms with Gasteiger partial charge in [0.15, 0.2) is 0 Å². The minimum atomic E-state index is -3.32. The second-order valence-corrected chi connectivity index (χ2v) is 6.61. The average Bonchev–Trinajstić information content (AvgIpc) is 3.19. The molecular weight excluding hydrogens is 264 g/mol. The van der Waals surface area contributed by atoms with Gasteiger partial charge >= 0.3 is 0 Å². The van der Waals surface area contributed by atoms with Gasteiger partial charge in [0.2, 0.25) is 10.0 Å². The van der Waals surface area contributed by atoms with E-state index in [0.29, 0.717) is 11.7 Å². The van der Waals surface area contributed by atoms with Crippen LogP contribution in [0.2, 0.25) is 0 Å². The molecule has 19 heavy (non-hydrogen) atoms. The van der Waals surface area contributed by atoms with E-state index in [1.165, 1.54) is 20.0 Å². The van der Waals surface area contributed by atoms with E-state index in [9.17, 15) is 8.42 Å². The topological polar surface area (TPSA) is 67.4 Å². The largest absolute Gasteiger partial charge is 0.384 e. The highest BCUT2D eigenvalue weighted by molar-refractivity contribution is 7.92. The van der Waals surface area contributed by atoms with E-state index in [2.05, 4.69) is 10.0 Å². The third kappa shape index (κ3) is 5.18. The smallest absolute Gasteiger partial charge is 0.234 e. The molecule has 0 radical (unpaired) electrons. The summed E-state index contributed by atoms with van der Waals surface area (Å²) in [5.41, 5.74) is 1.75. The molecule has 1 aliphatic rings. The Morgan fingerprint density at radius 2 is 1.95 bits per heavy atom. The van der Waals surface area contributed by atoms with Gasteiger partial charge in [-0.15, -0.1) is 0 Å². The van der Waals surface area contributed by atoms with Gasteiger partial charge in [-0.05, 0) is 30.5 Å². The van der Waals surface area contributed by atoms with Crippen molar-refractivity contribution in [2.45, 2.75) is 25.4 Å². The minimum absolute atomic E-state index is 0.0332. The van der Waals surface area contributed by atoms with Crippen LogP contribution in [-0.4, -0.2) is 33.9 Å². The van der Waals surface area contributed by atoms with Gasteiger partial charge in [-0.25, -0.2) is 8.42 Å². The lowest BCUT2D eigenvalue weighted by Gasteiger charge is -2.08. The van der Waals surface area contributed by atoms with Crippen LogP contribution < -0.4 is 10.0 Å². The van der Waals surface area contributed by atoms with Gasteiger partial charge in [0.25, 0.3) is 0 Å². The molecule has 1 aliphatic carbocycles. The monoisotopic (exact) mass is 284 g/mol. The van der Waals surface area contributed by atoms with Crippen molar-refractivity contribution in [3.63, 3.8) is 0 Å². The molecule has 0 amide bonds. The van der Waals surface area contributed by atoms with Crippen LogP contribution in [0.5, 0.6) is 0 Å². The van der Waals surface area contributed by atoms with Crippen LogP contribution in [0, 0.1) is 0 Å². The van der Waals surface area contributed by atoms with Crippen LogP contribution in [-0.2, 0) is 21.3 Å². The van der Waals surface area contributed by atoms with Gasteiger partial charge in [-0.1, -0.05) is 12.1 Å². The summed E-state index contributed by atoms with van der Waals surface area (Å²) in [6.45, 7) is 1.03. The maximum absolute atomic E-state index is 11.7. The van der Waals surface area contributed by atoms with E-state index < -0.39 is 10.0 Å². The molecule has 1 aromatic carbocycles. The second-order valence-electron chi connectivity index (χ2n) is 4.77. The first-order valence-corrected chi connectivity index (χ1v) is 8.06. The van der Waals surface area contributed by atoms with Crippen LogP contribution in [0.15, 0.2) is 24.3 Å². The minimum Gasteiger partial charge on any atom is -0.384 e. The highest BCUT2D eigenvalue weighted by Gasteiger charge is 2.19. The van der Waals surface area contributed by atoms with Gasteiger partial charge in [0.05, 0.1) is 12.4 Å². The summed E-state index contributed by atoms with van der Waals surface area (Å²) in [4.78, 5) is 0. The molecule has 0 spiro atoms. The summed E-state index contributed by atoms with van der Waals surface area (Å²) in [6, 6.07) is 8.11. The SMILES string of the molecule is COCCS(=O)(=O)Nc1ccc(CNC2CC2)cc1. The molecule has 0 aliphatic heterocycles. The van der Waals surface area contributed by atoms with Crippen molar-refractivity contribution < 1.29 is 13.2 Å². The number of benzene rings is 1. The lowest BCUT2D eigenvalue weighted by Crippen LogP contribution is -2.19. The molecule has 1 saturated carbocycles. The standard InChI is InChI=1S/C13H20N2O3S/c1-18-8-9-19(16,17)15-13-4-2-11(3-5-13)10-14-12-6-7-12/h2-5,12,14-15H,6-10H2,1H3. The van der Waals surface area contributed by atoms with Gasteiger partial charge < -0.3 is 10.1 Å². The Balaban J connectivity index is 1.86. The van der Waals surface area contributed by atoms with Crippen LogP contribution in [0.25, 0.3) is 0 Å². The van der Waals surface area contributed by atoms with Crippen LogP contribution in [0.3, 0.4) is 0 Å². The summed E-state index contributed by atoms with van der Waals surface area (Å²) < 4.78 is 30.6. The zero-order valence-electron chi connectivity index (χ0n) is 11.1. The van der Waals surface area contributed by atoms with Gasteiger partial charge in [0, 0.05) is 25.4 Å². The first-order valence-electron chi connectivity index (χ1n) is 6.41. The number of nitrogens with one attached hydrogen (secondary N) is 2. The summed E-state index contributed by atoms with van der Waals surface area (Å²) in [5, 5.41) is 3.41. The molecule has 2 rings (SSSR count). The molecule has 106 valence electrons. The van der Waals surface area contributed by atoms with Crippen molar-refractivity contribution >= 4 is 15.7 Å². The van der Waals surface area contributed by atoms with Crippen molar-refractivity contribution in [3.05, 3.63) is 29.8 Å². The van der Waals surface area contributed by atoms with Crippen LogP contribution in [0.4, 0.5) is 5.69 Å². The summed E-state index contributed by atoms with van der Waals surface area (Å²) in [5.74, 6) is -0.0332. The average molecular weight is 284 g/mol. The molecule has 1 aromatic rings. The molecule has 0 unspecified atom stereocenters. The van der Waals surface area contributed by atoms with Gasteiger partial charge in [-0.3, -0.25) is 4.72 Å². The predicted molar refractivity (Wildman–Crippen MR) is 75.6 cm³/mol. The van der Waals surface area contributed by atoms with Crippen molar-refractivity contribution in [2.75, 3.05) is 24.2 Å². The van der Waals surface area contributed by atoms with E-state index in [1.54, 1.807) is 12.1 Å². The summed E-state index contributed by atoms with van der Waals surface area (Å²) >= 11 is 0. The quantitative estimate of drug-likeness (QED) is 0.755. The zero-order chi connectivity index (χ0) is 13.7. The number of rotatable bonds is 8. The third-order valence-corrected chi connectivity index (χ3v) is 4.21. The van der Waals surface area contributed by atoms with Crippen molar-refractivity contribution in [1.29, 1.82) is 0 Å². The number of methoxy groups -OCH3 is 1. The fourth-order valence-electron chi connectivity index (χ4n) is 1.66. The number of hydrogen-bond acceptors (Lipinski definition) is 4. The van der Waals surface area contributed by atoms with Crippen molar-refractivity contribution in [1.82, 2.24) is 5.32 Å². The second kappa shape index (κ2) is 6.36. The Kier molecular flexibility index (Phi) is 4.79. The Bertz CT molecular complexity index is 495. The summed E-state index contributed by atoms with van der Waals surface area (Å²) in [6.07, 6.45) is 2.52. The number of ether oxygens (including phenoxy) is 1. The molecule has 1 fully saturated rings. The lowest BCUT2D eigenvalue weighted by atomic mass is 10.2. The zero-order valence-corrected chi connectivity index (χ0v) is 11.9. The first-order chi connectivity index (χ1) is 9.09. The number of sulfonamides is 1. The molecule has 5 nitrogen and oxygen atoms in total. The molecule has 0 heterocycles. The molecule has 2 N–H and O–H groups in total. The third-order valence-electron chi connectivity index (χ3n) is 2.96. The summed E-state index contributed by atoms with van der Waals surface area (Å²) in [7, 11) is -1.83. The Morgan fingerprint density at radius 1 is 1.26 bits per heavy atom. The molecule has 6 heteroatoms. The maximum Gasteiger partial charge on any atom is 0.234 e. The highest BCUT2D eigenvalue weighted by Crippen LogP contribution is 2.19. The predicted octanol–water partition coefficient (Wildman–Crippen LogP) is 1.33. The number of hydrogen-bond donors (Lipinski definition) is 2.